The molecule has 45 heavy (non-hydrogen) atoms. The molecule has 3 fully saturated rings. The van der Waals surface area contributed by atoms with Crippen LogP contribution in [0.5, 0.6) is 0 Å². The molecule has 0 spiro atoms. The molecule has 0 saturated carbocycles. The van der Waals surface area contributed by atoms with Crippen molar-refractivity contribution in [2.75, 3.05) is 7.11 Å². The Hall–Kier alpha value is -3.05. The van der Waals surface area contributed by atoms with Crippen molar-refractivity contribution in [2.24, 2.45) is 17.8 Å². The maximum Gasteiger partial charge on any atom is 0.338 e. The summed E-state index contributed by atoms with van der Waals surface area (Å²) in [5, 5.41) is 11.4. The van der Waals surface area contributed by atoms with Crippen molar-refractivity contribution in [3.05, 3.63) is 59.4 Å². The van der Waals surface area contributed by atoms with Crippen molar-refractivity contribution in [1.29, 1.82) is 0 Å². The normalized spacial score (nSPS) is 38.0. The van der Waals surface area contributed by atoms with E-state index < -0.39 is 36.0 Å². The van der Waals surface area contributed by atoms with Gasteiger partial charge in [-0.15, -0.1) is 0 Å². The Bertz CT molecular complexity index is 1360. The number of esters is 2. The lowest BCUT2D eigenvalue weighted by atomic mass is 9.84. The average molecular weight is 626 g/mol. The van der Waals surface area contributed by atoms with Gasteiger partial charge in [0.15, 0.2) is 12.0 Å². The third-order valence-electron chi connectivity index (χ3n) is 9.63. The number of aryl methyl sites for hydroxylation is 1. The molecule has 10 heteroatoms. The molecule has 11 atom stereocenters. The van der Waals surface area contributed by atoms with Crippen molar-refractivity contribution in [3.8, 4) is 0 Å². The summed E-state index contributed by atoms with van der Waals surface area (Å²) in [6.45, 7) is 11.6. The van der Waals surface area contributed by atoms with Crippen LogP contribution in [0, 0.1) is 24.7 Å². The first kappa shape index (κ1) is 33.3. The number of fused-ring (bicyclic) bond motifs is 4. The van der Waals surface area contributed by atoms with Crippen molar-refractivity contribution in [2.45, 2.75) is 116 Å². The van der Waals surface area contributed by atoms with Gasteiger partial charge in [0.25, 0.3) is 0 Å². The summed E-state index contributed by atoms with van der Waals surface area (Å²) >= 11 is 0. The van der Waals surface area contributed by atoms with Gasteiger partial charge in [0.1, 0.15) is 35.9 Å². The SMILES string of the molecule is CO[C@@H](/C(C)=C/C=C/C(C)=C/c1coc(C)n1)[C@H](C)[C@@H]1C[C@H](O)[C@]2(C)O[C@@H]2/C=C/[C@@H](C)[C@H]2C[C@@H](CC(=O)O2)C[C@@H]2O[C@H]2C(=O)O1. The van der Waals surface area contributed by atoms with E-state index in [1.165, 1.54) is 0 Å². The van der Waals surface area contributed by atoms with Crippen LogP contribution < -0.4 is 0 Å². The van der Waals surface area contributed by atoms with Gasteiger partial charge in [-0.1, -0.05) is 44.2 Å². The van der Waals surface area contributed by atoms with Crippen LogP contribution in [0.2, 0.25) is 0 Å². The quantitative estimate of drug-likeness (QED) is 0.190. The average Bonchev–Trinajstić information content (AvgIpc) is 3.86. The number of hydrogen-bond acceptors (Lipinski definition) is 10. The number of aromatic nitrogens is 1. The Morgan fingerprint density at radius 2 is 1.91 bits per heavy atom. The van der Waals surface area contributed by atoms with Crippen LogP contribution in [0.1, 0.15) is 71.9 Å². The van der Waals surface area contributed by atoms with E-state index in [0.29, 0.717) is 25.2 Å². The van der Waals surface area contributed by atoms with E-state index >= 15 is 0 Å². The second-order valence-electron chi connectivity index (χ2n) is 13.3. The molecule has 0 unspecified atom stereocenters. The Balaban J connectivity index is 1.33. The molecule has 0 aromatic carbocycles. The molecule has 1 aromatic heterocycles. The number of aliphatic hydroxyl groups excluding tert-OH is 1. The van der Waals surface area contributed by atoms with Crippen molar-refractivity contribution < 1.29 is 42.8 Å². The van der Waals surface area contributed by atoms with Crippen LogP contribution in [-0.2, 0) is 33.3 Å². The van der Waals surface area contributed by atoms with E-state index in [1.54, 1.807) is 20.3 Å². The molecule has 3 saturated heterocycles. The number of nitrogens with zero attached hydrogens (tertiary/aromatic N) is 1. The third kappa shape index (κ3) is 8.03. The number of oxazole rings is 1. The smallest absolute Gasteiger partial charge is 0.338 e. The first-order valence-electron chi connectivity index (χ1n) is 16.0. The lowest BCUT2D eigenvalue weighted by molar-refractivity contribution is -0.159. The Labute approximate surface area is 265 Å². The molecule has 0 aliphatic carbocycles. The standard InChI is InChI=1S/C35H47NO9/c1-19(13-25-18-41-23(5)36-25)9-8-10-21(3)32(40-7)22(4)27-17-29(37)35(6)30(45-35)12-11-20(2)26-14-24(16-31(38)42-26)15-28-33(43-28)34(39)44-27/h8-13,18,20,22,24,26-30,32-33,37H,14-17H2,1-7H3/b9-8+,12-11+,19-13+,21-10+/t20-,22-,24-,26-,27+,28+,29+,30-,32+,33-,35+/m1/s1. The van der Waals surface area contributed by atoms with Crippen LogP contribution in [0.3, 0.4) is 0 Å². The van der Waals surface area contributed by atoms with Crippen LogP contribution in [0.25, 0.3) is 6.08 Å². The van der Waals surface area contributed by atoms with Gasteiger partial charge in [-0.25, -0.2) is 9.78 Å². The fourth-order valence-electron chi connectivity index (χ4n) is 6.64. The van der Waals surface area contributed by atoms with Gasteiger partial charge in [-0.3, -0.25) is 4.79 Å². The maximum atomic E-state index is 13.4. The second kappa shape index (κ2) is 13.7. The summed E-state index contributed by atoms with van der Waals surface area (Å²) in [5.41, 5.74) is 1.86. The van der Waals surface area contributed by atoms with Crippen molar-refractivity contribution in [1.82, 2.24) is 4.98 Å². The molecule has 0 amide bonds. The molecule has 2 bridgehead atoms. The number of methoxy groups -OCH3 is 1. The van der Waals surface area contributed by atoms with E-state index in [4.69, 9.17) is 28.1 Å². The van der Waals surface area contributed by atoms with E-state index in [-0.39, 0.29) is 48.5 Å². The van der Waals surface area contributed by atoms with Crippen LogP contribution >= 0.6 is 0 Å². The number of epoxide rings is 2. The zero-order chi connectivity index (χ0) is 32.5. The number of cyclic esters (lactones) is 1. The zero-order valence-electron chi connectivity index (χ0n) is 27.3. The summed E-state index contributed by atoms with van der Waals surface area (Å²) in [7, 11) is 1.63. The van der Waals surface area contributed by atoms with Gasteiger partial charge < -0.3 is 33.2 Å². The highest BCUT2D eigenvalue weighted by Crippen LogP contribution is 2.44. The van der Waals surface area contributed by atoms with Gasteiger partial charge in [-0.05, 0) is 56.8 Å². The highest BCUT2D eigenvalue weighted by Gasteiger charge is 2.57. The largest absolute Gasteiger partial charge is 0.462 e. The Morgan fingerprint density at radius 1 is 1.16 bits per heavy atom. The molecule has 5 rings (SSSR count). The first-order valence-corrected chi connectivity index (χ1v) is 16.0. The fraction of sp³-hybridized carbons (Fsp3) is 0.629. The zero-order valence-corrected chi connectivity index (χ0v) is 27.3. The summed E-state index contributed by atoms with van der Waals surface area (Å²) in [5.74, 6) is -0.316. The van der Waals surface area contributed by atoms with Crippen molar-refractivity contribution in [3.63, 3.8) is 0 Å². The highest BCUT2D eigenvalue weighted by molar-refractivity contribution is 5.78. The van der Waals surface area contributed by atoms with Crippen LogP contribution in [-0.4, -0.2) is 77.5 Å². The lowest BCUT2D eigenvalue weighted by Crippen LogP contribution is -2.42. The molecule has 246 valence electrons. The monoisotopic (exact) mass is 625 g/mol. The number of aliphatic hydroxyl groups is 1. The fourth-order valence-corrected chi connectivity index (χ4v) is 6.64. The van der Waals surface area contributed by atoms with E-state index in [2.05, 4.69) is 4.98 Å². The van der Waals surface area contributed by atoms with Gasteiger partial charge in [0, 0.05) is 38.7 Å². The number of carbonyl (C=O) groups is 2. The van der Waals surface area contributed by atoms with Crippen LogP contribution in [0.4, 0.5) is 0 Å². The Kier molecular flexibility index (Phi) is 10.2. The molecule has 0 radical (unpaired) electrons. The maximum absolute atomic E-state index is 13.4. The minimum absolute atomic E-state index is 0.0130. The summed E-state index contributed by atoms with van der Waals surface area (Å²) in [6, 6.07) is 0. The molecule has 1 N–H and O–H groups in total. The predicted octanol–water partition coefficient (Wildman–Crippen LogP) is 5.05. The topological polar surface area (TPSA) is 133 Å². The van der Waals surface area contributed by atoms with Gasteiger partial charge in [-0.2, -0.15) is 0 Å². The van der Waals surface area contributed by atoms with Gasteiger partial charge >= 0.3 is 11.9 Å². The van der Waals surface area contributed by atoms with E-state index in [0.717, 1.165) is 16.8 Å². The Morgan fingerprint density at radius 3 is 2.62 bits per heavy atom. The second-order valence-corrected chi connectivity index (χ2v) is 13.3. The molecule has 1 aromatic rings. The third-order valence-corrected chi connectivity index (χ3v) is 9.63. The number of rotatable bonds is 7. The molecule has 4 aliphatic rings. The van der Waals surface area contributed by atoms with Gasteiger partial charge in [0.2, 0.25) is 0 Å². The number of carbonyl (C=O) groups excluding carboxylic acids is 2. The van der Waals surface area contributed by atoms with E-state index in [9.17, 15) is 14.7 Å². The van der Waals surface area contributed by atoms with Crippen LogP contribution in [0.15, 0.2) is 52.2 Å². The molecule has 10 nitrogen and oxygen atoms in total. The molecular formula is C35H47NO9. The summed E-state index contributed by atoms with van der Waals surface area (Å²) in [4.78, 5) is 30.1. The summed E-state index contributed by atoms with van der Waals surface area (Å²) < 4.78 is 34.7. The minimum Gasteiger partial charge on any atom is -0.462 e. The van der Waals surface area contributed by atoms with Crippen molar-refractivity contribution >= 4 is 18.0 Å². The van der Waals surface area contributed by atoms with E-state index in [1.807, 2.05) is 71.1 Å². The molecule has 4 aliphatic heterocycles. The number of hydrogen-bond donors (Lipinski definition) is 1. The van der Waals surface area contributed by atoms with Gasteiger partial charge in [0.05, 0.1) is 18.3 Å². The lowest BCUT2D eigenvalue weighted by Gasteiger charge is -2.33. The number of allylic oxidation sites excluding steroid dienone is 4. The minimum atomic E-state index is -0.905. The predicted molar refractivity (Wildman–Crippen MR) is 166 cm³/mol. The summed E-state index contributed by atoms with van der Waals surface area (Å²) in [6.07, 6.45) is 11.7. The number of ether oxygens (including phenoxy) is 5. The first-order chi connectivity index (χ1) is 21.4. The highest BCUT2D eigenvalue weighted by atomic mass is 16.6. The molecular weight excluding hydrogens is 578 g/mol. The molecule has 5 heterocycles.